The minimum Gasteiger partial charge on any atom is -0.463 e. The zero-order valence-corrected chi connectivity index (χ0v) is 28.7. The van der Waals surface area contributed by atoms with E-state index in [1.807, 2.05) is 30.3 Å². The van der Waals surface area contributed by atoms with E-state index in [0.29, 0.717) is 11.3 Å². The quantitative estimate of drug-likeness (QED) is 0.137. The normalized spacial score (nSPS) is 24.7. The topological polar surface area (TPSA) is 137 Å². The van der Waals surface area contributed by atoms with Crippen LogP contribution in [0.15, 0.2) is 60.8 Å². The number of fused-ring (bicyclic) bond motifs is 1. The van der Waals surface area contributed by atoms with E-state index in [0.717, 1.165) is 30.6 Å². The van der Waals surface area contributed by atoms with Crippen LogP contribution in [0.25, 0.3) is 11.3 Å². The van der Waals surface area contributed by atoms with Crippen LogP contribution >= 0.6 is 0 Å². The minimum absolute atomic E-state index is 0.00746. The van der Waals surface area contributed by atoms with E-state index in [1.54, 1.807) is 29.9 Å². The van der Waals surface area contributed by atoms with Crippen LogP contribution in [0.2, 0.25) is 18.1 Å². The Balaban J connectivity index is 1.60. The summed E-state index contributed by atoms with van der Waals surface area (Å²) in [6.07, 6.45) is -4.91. The van der Waals surface area contributed by atoms with E-state index in [9.17, 15) is 18.8 Å². The third-order valence-electron chi connectivity index (χ3n) is 9.02. The van der Waals surface area contributed by atoms with Crippen molar-refractivity contribution in [3.8, 4) is 11.3 Å². The SMILES string of the molecule is CCOC(=O)[C@@H](OC(=O)[C@@H]1O[C@@H]2CO[C@@H](c3ccccc3)O[C@@H]2[C@@H](n2cc(-c3cccc(F)c3)nn2)[C@H]1O[Si](CC)(CC)CC)C(C)=O. The van der Waals surface area contributed by atoms with Gasteiger partial charge in [0.05, 0.1) is 19.4 Å². The molecule has 2 fully saturated rings. The standard InChI is InChI=1S/C34H42FN3O9Si/c1-6-42-32(40)28(21(5)39)45-33(41)31-30(47-48(7-2,8-3)9-4)27(38-19-25(36-37-38)23-16-13-17-24(35)18-23)29-26(44-31)20-43-34(46-29)22-14-11-10-12-15-22/h10-19,26-31,34H,6-9,20H2,1-5H3/t26-,27-,28+,29+,30-,31-,34-/m1/s1. The first-order valence-electron chi connectivity index (χ1n) is 16.3. The van der Waals surface area contributed by atoms with Gasteiger partial charge in [0, 0.05) is 11.1 Å². The maximum absolute atomic E-state index is 14.2. The number of benzene rings is 2. The summed E-state index contributed by atoms with van der Waals surface area (Å²) in [7, 11) is -2.51. The third kappa shape index (κ3) is 7.57. The monoisotopic (exact) mass is 683 g/mol. The Hall–Kier alpha value is -3.82. The summed E-state index contributed by atoms with van der Waals surface area (Å²) in [5, 5.41) is 8.80. The number of rotatable bonds is 13. The Morgan fingerprint density at radius 1 is 1.02 bits per heavy atom. The number of carbonyl (C=O) groups excluding carboxylic acids is 3. The average Bonchev–Trinajstić information content (AvgIpc) is 3.59. The first kappa shape index (κ1) is 35.5. The number of ether oxygens (including phenoxy) is 5. The summed E-state index contributed by atoms with van der Waals surface area (Å²) in [6.45, 7) is 8.91. The minimum atomic E-state index is -2.51. The summed E-state index contributed by atoms with van der Waals surface area (Å²) >= 11 is 0. The van der Waals surface area contributed by atoms with Crippen LogP contribution in [-0.4, -0.2) is 84.8 Å². The second-order valence-corrected chi connectivity index (χ2v) is 16.6. The molecule has 0 amide bonds. The predicted octanol–water partition coefficient (Wildman–Crippen LogP) is 4.96. The largest absolute Gasteiger partial charge is 0.463 e. The molecule has 0 N–H and O–H groups in total. The summed E-state index contributed by atoms with van der Waals surface area (Å²) in [5.41, 5.74) is 1.68. The molecule has 12 nitrogen and oxygen atoms in total. The Kier molecular flexibility index (Phi) is 11.5. The van der Waals surface area contributed by atoms with Gasteiger partial charge in [0.2, 0.25) is 0 Å². The van der Waals surface area contributed by atoms with Crippen LogP contribution in [0.5, 0.6) is 0 Å². The van der Waals surface area contributed by atoms with Crippen molar-refractivity contribution in [1.82, 2.24) is 15.0 Å². The Bertz CT molecular complexity index is 1560. The summed E-state index contributed by atoms with van der Waals surface area (Å²) in [6, 6.07) is 16.8. The number of halogens is 1. The van der Waals surface area contributed by atoms with E-state index in [2.05, 4.69) is 31.1 Å². The molecule has 0 aliphatic carbocycles. The molecule has 0 bridgehead atoms. The first-order valence-corrected chi connectivity index (χ1v) is 18.9. The number of hydrogen-bond donors (Lipinski definition) is 0. The molecule has 0 spiro atoms. The third-order valence-corrected chi connectivity index (χ3v) is 13.7. The number of hydrogen-bond acceptors (Lipinski definition) is 11. The molecule has 1 aromatic heterocycles. The van der Waals surface area contributed by atoms with Gasteiger partial charge in [-0.1, -0.05) is 68.4 Å². The van der Waals surface area contributed by atoms with Crippen molar-refractivity contribution < 1.29 is 46.9 Å². The fourth-order valence-electron chi connectivity index (χ4n) is 6.19. The van der Waals surface area contributed by atoms with E-state index >= 15 is 0 Å². The van der Waals surface area contributed by atoms with E-state index in [-0.39, 0.29) is 13.2 Å². The van der Waals surface area contributed by atoms with Gasteiger partial charge in [-0.15, -0.1) is 5.10 Å². The van der Waals surface area contributed by atoms with Gasteiger partial charge >= 0.3 is 11.9 Å². The second-order valence-electron chi connectivity index (χ2n) is 11.9. The lowest BCUT2D eigenvalue weighted by molar-refractivity contribution is -0.313. The molecule has 3 aromatic rings. The van der Waals surface area contributed by atoms with Crippen molar-refractivity contribution in [2.24, 2.45) is 0 Å². The fourth-order valence-corrected chi connectivity index (χ4v) is 9.03. The van der Waals surface area contributed by atoms with Crippen molar-refractivity contribution >= 4 is 26.0 Å². The van der Waals surface area contributed by atoms with E-state index in [1.165, 1.54) is 12.1 Å². The highest BCUT2D eigenvalue weighted by Gasteiger charge is 2.56. The molecule has 14 heteroatoms. The van der Waals surface area contributed by atoms with Gasteiger partial charge in [0.15, 0.2) is 26.5 Å². The number of esters is 2. The molecule has 3 heterocycles. The molecule has 0 saturated carbocycles. The van der Waals surface area contributed by atoms with Gasteiger partial charge < -0.3 is 28.1 Å². The molecule has 5 rings (SSSR count). The smallest absolute Gasteiger partial charge is 0.355 e. The summed E-state index contributed by atoms with van der Waals surface area (Å²) < 4.78 is 52.4. The van der Waals surface area contributed by atoms with Crippen LogP contribution in [0.3, 0.4) is 0 Å². The van der Waals surface area contributed by atoms with Crippen LogP contribution in [0.4, 0.5) is 4.39 Å². The molecule has 48 heavy (non-hydrogen) atoms. The lowest BCUT2D eigenvalue weighted by Crippen LogP contribution is -2.64. The molecular formula is C34H42FN3O9Si. The molecule has 0 radical (unpaired) electrons. The van der Waals surface area contributed by atoms with Gasteiger partial charge in [-0.2, -0.15) is 0 Å². The molecular weight excluding hydrogens is 641 g/mol. The van der Waals surface area contributed by atoms with Crippen molar-refractivity contribution in [2.45, 2.75) is 95.6 Å². The van der Waals surface area contributed by atoms with Gasteiger partial charge in [-0.3, -0.25) is 4.79 Å². The zero-order chi connectivity index (χ0) is 34.4. The molecule has 0 unspecified atom stereocenters. The number of nitrogens with zero attached hydrogens (tertiary/aromatic N) is 3. The highest BCUT2D eigenvalue weighted by atomic mass is 28.4. The predicted molar refractivity (Wildman–Crippen MR) is 172 cm³/mol. The van der Waals surface area contributed by atoms with Gasteiger partial charge in [-0.05, 0) is 44.1 Å². The molecule has 2 aromatic carbocycles. The first-order chi connectivity index (χ1) is 23.1. The van der Waals surface area contributed by atoms with Crippen LogP contribution in [0.1, 0.15) is 52.5 Å². The number of aromatic nitrogens is 3. The molecule has 2 aliphatic rings. The molecule has 2 saturated heterocycles. The Morgan fingerprint density at radius 3 is 2.40 bits per heavy atom. The maximum Gasteiger partial charge on any atom is 0.355 e. The maximum atomic E-state index is 14.2. The van der Waals surface area contributed by atoms with Gasteiger partial charge in [0.1, 0.15) is 35.9 Å². The van der Waals surface area contributed by atoms with Crippen molar-refractivity contribution in [3.05, 3.63) is 72.2 Å². The molecule has 7 atom stereocenters. The van der Waals surface area contributed by atoms with Crippen LogP contribution < -0.4 is 0 Å². The van der Waals surface area contributed by atoms with E-state index in [4.69, 9.17) is 28.1 Å². The highest BCUT2D eigenvalue weighted by molar-refractivity contribution is 6.73. The number of Topliss-reactive ketones (excluding diaryl/α,β-unsaturated/α-hetero) is 1. The van der Waals surface area contributed by atoms with Gasteiger partial charge in [-0.25, -0.2) is 18.7 Å². The Morgan fingerprint density at radius 2 is 1.75 bits per heavy atom. The lowest BCUT2D eigenvalue weighted by atomic mass is 9.91. The highest BCUT2D eigenvalue weighted by Crippen LogP contribution is 2.43. The van der Waals surface area contributed by atoms with Crippen molar-refractivity contribution in [1.29, 1.82) is 0 Å². The fraction of sp³-hybridized carbons (Fsp3) is 0.500. The summed E-state index contributed by atoms with van der Waals surface area (Å²) in [5.74, 6) is -3.08. The summed E-state index contributed by atoms with van der Waals surface area (Å²) in [4.78, 5) is 39.1. The zero-order valence-electron chi connectivity index (χ0n) is 27.7. The molecule has 258 valence electrons. The number of ketones is 1. The lowest BCUT2D eigenvalue weighted by Gasteiger charge is -2.50. The number of carbonyl (C=O) groups is 3. The van der Waals surface area contributed by atoms with Crippen LogP contribution in [0, 0.1) is 5.82 Å². The molecule has 2 aliphatic heterocycles. The van der Waals surface area contributed by atoms with E-state index < -0.39 is 74.7 Å². The Labute approximate surface area is 279 Å². The second kappa shape index (κ2) is 15.6. The van der Waals surface area contributed by atoms with Gasteiger partial charge in [0.25, 0.3) is 6.10 Å². The average molecular weight is 684 g/mol. The van der Waals surface area contributed by atoms with Crippen molar-refractivity contribution in [2.75, 3.05) is 13.2 Å². The van der Waals surface area contributed by atoms with Crippen LogP contribution in [-0.2, 0) is 42.5 Å². The van der Waals surface area contributed by atoms with Crippen molar-refractivity contribution in [3.63, 3.8) is 0 Å².